The van der Waals surface area contributed by atoms with E-state index in [9.17, 15) is 8.42 Å². The SMILES string of the molecule is CS(=O)(=O)c1ccc(CCN)cc1. The van der Waals surface area contributed by atoms with Crippen LogP contribution in [0.3, 0.4) is 0 Å². The molecule has 1 rings (SSSR count). The third-order valence-corrected chi connectivity index (χ3v) is 2.91. The largest absolute Gasteiger partial charge is 0.330 e. The van der Waals surface area contributed by atoms with E-state index in [-0.39, 0.29) is 0 Å². The third kappa shape index (κ3) is 2.82. The molecule has 0 amide bonds. The summed E-state index contributed by atoms with van der Waals surface area (Å²) in [4.78, 5) is 0.355. The number of sulfone groups is 1. The summed E-state index contributed by atoms with van der Waals surface area (Å²) < 4.78 is 22.2. The van der Waals surface area contributed by atoms with Gasteiger partial charge in [0.15, 0.2) is 9.84 Å². The van der Waals surface area contributed by atoms with Gasteiger partial charge in [-0.1, -0.05) is 12.1 Å². The molecule has 4 heteroatoms. The third-order valence-electron chi connectivity index (χ3n) is 1.78. The highest BCUT2D eigenvalue weighted by atomic mass is 32.2. The minimum atomic E-state index is -3.07. The molecule has 13 heavy (non-hydrogen) atoms. The van der Waals surface area contributed by atoms with Gasteiger partial charge < -0.3 is 5.73 Å². The molecule has 0 spiro atoms. The Morgan fingerprint density at radius 3 is 2.15 bits per heavy atom. The topological polar surface area (TPSA) is 60.2 Å². The van der Waals surface area contributed by atoms with Gasteiger partial charge in [-0.2, -0.15) is 0 Å². The quantitative estimate of drug-likeness (QED) is 0.775. The zero-order valence-electron chi connectivity index (χ0n) is 7.53. The molecule has 0 radical (unpaired) electrons. The zero-order valence-corrected chi connectivity index (χ0v) is 8.34. The van der Waals surface area contributed by atoms with Crippen molar-refractivity contribution in [3.05, 3.63) is 29.8 Å². The first-order valence-corrected chi connectivity index (χ1v) is 5.92. The average Bonchev–Trinajstić information content (AvgIpc) is 2.04. The van der Waals surface area contributed by atoms with Crippen molar-refractivity contribution in [1.82, 2.24) is 0 Å². The molecule has 1 aromatic carbocycles. The predicted octanol–water partition coefficient (Wildman–Crippen LogP) is 0.591. The number of nitrogens with two attached hydrogens (primary N) is 1. The molecule has 0 saturated heterocycles. The van der Waals surface area contributed by atoms with Gasteiger partial charge in [-0.15, -0.1) is 0 Å². The highest BCUT2D eigenvalue weighted by molar-refractivity contribution is 7.90. The molecule has 0 saturated carbocycles. The summed E-state index contributed by atoms with van der Waals surface area (Å²) in [5, 5.41) is 0. The monoisotopic (exact) mass is 199 g/mol. The van der Waals surface area contributed by atoms with Crippen molar-refractivity contribution in [2.45, 2.75) is 11.3 Å². The Balaban J connectivity index is 2.94. The molecule has 1 aromatic rings. The normalized spacial score (nSPS) is 11.5. The minimum Gasteiger partial charge on any atom is -0.330 e. The molecule has 0 aliphatic carbocycles. The molecule has 0 heterocycles. The first-order chi connectivity index (χ1) is 6.04. The molecule has 0 aromatic heterocycles. The summed E-state index contributed by atoms with van der Waals surface area (Å²) in [6, 6.07) is 6.81. The van der Waals surface area contributed by atoms with Crippen LogP contribution >= 0.6 is 0 Å². The summed E-state index contributed by atoms with van der Waals surface area (Å²) in [6.07, 6.45) is 1.98. The van der Waals surface area contributed by atoms with E-state index >= 15 is 0 Å². The summed E-state index contributed by atoms with van der Waals surface area (Å²) in [5.74, 6) is 0. The Hall–Kier alpha value is -0.870. The van der Waals surface area contributed by atoms with Crippen LogP contribution in [0.25, 0.3) is 0 Å². The lowest BCUT2D eigenvalue weighted by Crippen LogP contribution is -2.03. The smallest absolute Gasteiger partial charge is 0.175 e. The number of rotatable bonds is 3. The standard InChI is InChI=1S/C9H13NO2S/c1-13(11,12)9-4-2-8(3-5-9)6-7-10/h2-5H,6-7,10H2,1H3. The van der Waals surface area contributed by atoms with Crippen LogP contribution in [0.2, 0.25) is 0 Å². The van der Waals surface area contributed by atoms with Crippen molar-refractivity contribution in [3.8, 4) is 0 Å². The van der Waals surface area contributed by atoms with Crippen molar-refractivity contribution in [2.75, 3.05) is 12.8 Å². The Bertz CT molecular complexity index is 367. The summed E-state index contributed by atoms with van der Waals surface area (Å²) in [7, 11) is -3.07. The van der Waals surface area contributed by atoms with Crippen LogP contribution in [0.1, 0.15) is 5.56 Å². The van der Waals surface area contributed by atoms with E-state index in [0.717, 1.165) is 12.0 Å². The van der Waals surface area contributed by atoms with Crippen LogP contribution in [-0.4, -0.2) is 21.2 Å². The second kappa shape index (κ2) is 3.89. The fraction of sp³-hybridized carbons (Fsp3) is 0.333. The summed E-state index contributed by atoms with van der Waals surface area (Å²) in [6.45, 7) is 0.582. The Morgan fingerprint density at radius 1 is 1.23 bits per heavy atom. The van der Waals surface area contributed by atoms with Crippen LogP contribution < -0.4 is 5.73 Å². The maximum Gasteiger partial charge on any atom is 0.175 e. The molecular formula is C9H13NO2S. The second-order valence-electron chi connectivity index (χ2n) is 2.95. The van der Waals surface area contributed by atoms with Crippen LogP contribution in [0.15, 0.2) is 29.2 Å². The maximum absolute atomic E-state index is 11.1. The minimum absolute atomic E-state index is 0.355. The first kappa shape index (κ1) is 10.2. The average molecular weight is 199 g/mol. The van der Waals surface area contributed by atoms with Crippen molar-refractivity contribution < 1.29 is 8.42 Å². The molecule has 72 valence electrons. The van der Waals surface area contributed by atoms with Crippen molar-refractivity contribution in [3.63, 3.8) is 0 Å². The molecule has 0 aliphatic heterocycles. The van der Waals surface area contributed by atoms with Gasteiger partial charge in [0, 0.05) is 6.26 Å². The van der Waals surface area contributed by atoms with Crippen LogP contribution in [-0.2, 0) is 16.3 Å². The number of benzene rings is 1. The van der Waals surface area contributed by atoms with E-state index in [0.29, 0.717) is 11.4 Å². The van der Waals surface area contributed by atoms with Crippen molar-refractivity contribution in [2.24, 2.45) is 5.73 Å². The fourth-order valence-corrected chi connectivity index (χ4v) is 1.70. The Morgan fingerprint density at radius 2 is 1.77 bits per heavy atom. The summed E-state index contributed by atoms with van der Waals surface area (Å²) in [5.41, 5.74) is 6.43. The molecular weight excluding hydrogens is 186 g/mol. The molecule has 2 N–H and O–H groups in total. The fourth-order valence-electron chi connectivity index (χ4n) is 1.07. The molecule has 0 bridgehead atoms. The van der Waals surface area contributed by atoms with E-state index in [1.807, 2.05) is 0 Å². The predicted molar refractivity (Wildman–Crippen MR) is 52.3 cm³/mol. The van der Waals surface area contributed by atoms with Crippen LogP contribution in [0, 0.1) is 0 Å². The van der Waals surface area contributed by atoms with E-state index in [2.05, 4.69) is 0 Å². The molecule has 0 aliphatic rings. The van der Waals surface area contributed by atoms with Gasteiger partial charge in [-0.25, -0.2) is 8.42 Å². The Kier molecular flexibility index (Phi) is 3.06. The Labute approximate surface area is 78.5 Å². The highest BCUT2D eigenvalue weighted by Gasteiger charge is 2.05. The lowest BCUT2D eigenvalue weighted by molar-refractivity contribution is 0.602. The van der Waals surface area contributed by atoms with E-state index in [1.165, 1.54) is 6.26 Å². The van der Waals surface area contributed by atoms with Gasteiger partial charge >= 0.3 is 0 Å². The van der Waals surface area contributed by atoms with Gasteiger partial charge in [0.2, 0.25) is 0 Å². The lowest BCUT2D eigenvalue weighted by atomic mass is 10.2. The highest BCUT2D eigenvalue weighted by Crippen LogP contribution is 2.10. The van der Waals surface area contributed by atoms with Gasteiger partial charge in [0.05, 0.1) is 4.90 Å². The van der Waals surface area contributed by atoms with Gasteiger partial charge in [0.1, 0.15) is 0 Å². The second-order valence-corrected chi connectivity index (χ2v) is 4.97. The molecule has 0 atom stereocenters. The number of hydrogen-bond donors (Lipinski definition) is 1. The van der Waals surface area contributed by atoms with Gasteiger partial charge in [-0.05, 0) is 30.7 Å². The van der Waals surface area contributed by atoms with E-state index in [1.54, 1.807) is 24.3 Å². The first-order valence-electron chi connectivity index (χ1n) is 4.03. The molecule has 0 fully saturated rings. The lowest BCUT2D eigenvalue weighted by Gasteiger charge is -2.00. The van der Waals surface area contributed by atoms with Crippen LogP contribution in [0.4, 0.5) is 0 Å². The van der Waals surface area contributed by atoms with Gasteiger partial charge in [0.25, 0.3) is 0 Å². The van der Waals surface area contributed by atoms with Crippen molar-refractivity contribution >= 4 is 9.84 Å². The summed E-state index contributed by atoms with van der Waals surface area (Å²) >= 11 is 0. The molecule has 0 unspecified atom stereocenters. The van der Waals surface area contributed by atoms with E-state index in [4.69, 9.17) is 5.73 Å². The zero-order chi connectivity index (χ0) is 9.90. The van der Waals surface area contributed by atoms with Crippen molar-refractivity contribution in [1.29, 1.82) is 0 Å². The molecule has 3 nitrogen and oxygen atoms in total. The maximum atomic E-state index is 11.1. The number of hydrogen-bond acceptors (Lipinski definition) is 3. The van der Waals surface area contributed by atoms with E-state index < -0.39 is 9.84 Å². The van der Waals surface area contributed by atoms with Crippen LogP contribution in [0.5, 0.6) is 0 Å². The van der Waals surface area contributed by atoms with Gasteiger partial charge in [-0.3, -0.25) is 0 Å².